The lowest BCUT2D eigenvalue weighted by Crippen LogP contribution is -2.46. The molecule has 0 saturated carbocycles. The molecule has 0 aliphatic carbocycles. The minimum Gasteiger partial charge on any atom is -0.496 e. The molecule has 2 atom stereocenters. The number of rotatable bonds is 5. The molecule has 136 valence electrons. The first-order chi connectivity index (χ1) is 12.2. The first kappa shape index (κ1) is 17.7. The zero-order chi connectivity index (χ0) is 17.6. The molecule has 2 aliphatic heterocycles. The fraction of sp³-hybridized carbons (Fsp3) is 0.579. The Kier molecular flexibility index (Phi) is 5.91. The van der Waals surface area contributed by atoms with Crippen LogP contribution < -0.4 is 15.4 Å². The number of hydrogen-bond donors (Lipinski definition) is 2. The van der Waals surface area contributed by atoms with Crippen molar-refractivity contribution in [1.29, 1.82) is 0 Å². The Labute approximate surface area is 148 Å². The van der Waals surface area contributed by atoms with Gasteiger partial charge >= 0.3 is 0 Å². The van der Waals surface area contributed by atoms with Crippen molar-refractivity contribution in [2.75, 3.05) is 33.3 Å². The largest absolute Gasteiger partial charge is 0.496 e. The first-order valence-electron chi connectivity index (χ1n) is 9.12. The van der Waals surface area contributed by atoms with Gasteiger partial charge in [0.15, 0.2) is 0 Å². The third-order valence-electron chi connectivity index (χ3n) is 5.09. The standard InChI is InChI=1S/C19H27N3O3/c1-25-17-9-3-2-7-15(17)19(24)22-11-5-6-14(13-22)12-21-18(23)16-8-4-10-20-16/h2-3,7,9,14,16,20H,4-6,8,10-13H2,1H3,(H,21,23). The highest BCUT2D eigenvalue weighted by molar-refractivity contribution is 5.97. The van der Waals surface area contributed by atoms with Crippen LogP contribution >= 0.6 is 0 Å². The van der Waals surface area contributed by atoms with Gasteiger partial charge in [0, 0.05) is 19.6 Å². The summed E-state index contributed by atoms with van der Waals surface area (Å²) in [6, 6.07) is 7.28. The predicted octanol–water partition coefficient (Wildman–Crippen LogP) is 1.42. The van der Waals surface area contributed by atoms with E-state index in [0.29, 0.717) is 30.3 Å². The van der Waals surface area contributed by atoms with Crippen LogP contribution in [0.1, 0.15) is 36.0 Å². The van der Waals surface area contributed by atoms with Crippen molar-refractivity contribution in [1.82, 2.24) is 15.5 Å². The summed E-state index contributed by atoms with van der Waals surface area (Å²) in [5.41, 5.74) is 0.602. The molecular weight excluding hydrogens is 318 g/mol. The minimum absolute atomic E-state index is 0.00550. The Balaban J connectivity index is 1.55. The van der Waals surface area contributed by atoms with Crippen LogP contribution in [0.2, 0.25) is 0 Å². The lowest BCUT2D eigenvalue weighted by Gasteiger charge is -2.33. The zero-order valence-electron chi connectivity index (χ0n) is 14.8. The third kappa shape index (κ3) is 4.31. The van der Waals surface area contributed by atoms with E-state index >= 15 is 0 Å². The van der Waals surface area contributed by atoms with Gasteiger partial charge in [0.2, 0.25) is 5.91 Å². The molecule has 6 nitrogen and oxygen atoms in total. The van der Waals surface area contributed by atoms with Crippen LogP contribution in [-0.2, 0) is 4.79 Å². The molecule has 0 bridgehead atoms. The molecule has 1 aromatic carbocycles. The van der Waals surface area contributed by atoms with Crippen molar-refractivity contribution in [3.63, 3.8) is 0 Å². The van der Waals surface area contributed by atoms with Crippen molar-refractivity contribution in [3.8, 4) is 5.75 Å². The summed E-state index contributed by atoms with van der Waals surface area (Å²) in [5, 5.41) is 6.27. The lowest BCUT2D eigenvalue weighted by atomic mass is 9.97. The maximum absolute atomic E-state index is 12.8. The average molecular weight is 345 g/mol. The highest BCUT2D eigenvalue weighted by atomic mass is 16.5. The minimum atomic E-state index is -0.0464. The van der Waals surface area contributed by atoms with E-state index in [1.165, 1.54) is 0 Å². The number of nitrogens with one attached hydrogen (secondary N) is 2. The normalized spacial score (nSPS) is 23.3. The Bertz CT molecular complexity index is 614. The van der Waals surface area contributed by atoms with Crippen LogP contribution in [0.5, 0.6) is 5.75 Å². The summed E-state index contributed by atoms with van der Waals surface area (Å²) < 4.78 is 5.31. The smallest absolute Gasteiger partial charge is 0.257 e. The Morgan fingerprint density at radius 3 is 2.88 bits per heavy atom. The van der Waals surface area contributed by atoms with Crippen LogP contribution in [0.15, 0.2) is 24.3 Å². The van der Waals surface area contributed by atoms with Crippen molar-refractivity contribution in [3.05, 3.63) is 29.8 Å². The molecule has 0 radical (unpaired) electrons. The topological polar surface area (TPSA) is 70.7 Å². The SMILES string of the molecule is COc1ccccc1C(=O)N1CCCC(CNC(=O)C2CCCN2)C1. The van der Waals surface area contributed by atoms with Gasteiger partial charge < -0.3 is 20.3 Å². The number of carbonyl (C=O) groups is 2. The number of amides is 2. The Hall–Kier alpha value is -2.08. The van der Waals surface area contributed by atoms with Gasteiger partial charge in [-0.2, -0.15) is 0 Å². The summed E-state index contributed by atoms with van der Waals surface area (Å²) in [6.45, 7) is 2.98. The molecule has 0 spiro atoms. The van der Waals surface area contributed by atoms with Gasteiger partial charge in [0.05, 0.1) is 18.7 Å². The van der Waals surface area contributed by atoms with Crippen LogP contribution in [0.4, 0.5) is 0 Å². The van der Waals surface area contributed by atoms with E-state index in [4.69, 9.17) is 4.74 Å². The van der Waals surface area contributed by atoms with E-state index < -0.39 is 0 Å². The monoisotopic (exact) mass is 345 g/mol. The van der Waals surface area contributed by atoms with Crippen LogP contribution in [0, 0.1) is 5.92 Å². The van der Waals surface area contributed by atoms with Crippen LogP contribution in [-0.4, -0.2) is 56.0 Å². The van der Waals surface area contributed by atoms with Gasteiger partial charge in [0.25, 0.3) is 5.91 Å². The fourth-order valence-corrected chi connectivity index (χ4v) is 3.68. The average Bonchev–Trinajstić information content (AvgIpc) is 3.20. The van der Waals surface area contributed by atoms with Gasteiger partial charge in [-0.25, -0.2) is 0 Å². The second kappa shape index (κ2) is 8.34. The fourth-order valence-electron chi connectivity index (χ4n) is 3.68. The van der Waals surface area contributed by atoms with Gasteiger partial charge in [-0.1, -0.05) is 12.1 Å². The van der Waals surface area contributed by atoms with Crippen molar-refractivity contribution < 1.29 is 14.3 Å². The van der Waals surface area contributed by atoms with E-state index in [2.05, 4.69) is 10.6 Å². The number of hydrogen-bond acceptors (Lipinski definition) is 4. The molecule has 0 aromatic heterocycles. The number of methoxy groups -OCH3 is 1. The highest BCUT2D eigenvalue weighted by Crippen LogP contribution is 2.23. The van der Waals surface area contributed by atoms with Crippen molar-refractivity contribution in [2.45, 2.75) is 31.7 Å². The molecule has 2 amide bonds. The van der Waals surface area contributed by atoms with E-state index in [9.17, 15) is 9.59 Å². The molecule has 2 heterocycles. The predicted molar refractivity (Wildman–Crippen MR) is 95.7 cm³/mol. The molecule has 3 rings (SSSR count). The summed E-state index contributed by atoms with van der Waals surface area (Å²) in [5.74, 6) is 1.00. The number of benzene rings is 1. The van der Waals surface area contributed by atoms with Crippen LogP contribution in [0.3, 0.4) is 0 Å². The maximum atomic E-state index is 12.8. The number of carbonyl (C=O) groups excluding carboxylic acids is 2. The molecule has 25 heavy (non-hydrogen) atoms. The molecule has 6 heteroatoms. The molecule has 2 fully saturated rings. The van der Waals surface area contributed by atoms with Gasteiger partial charge in [-0.15, -0.1) is 0 Å². The zero-order valence-corrected chi connectivity index (χ0v) is 14.8. The van der Waals surface area contributed by atoms with Crippen molar-refractivity contribution in [2.24, 2.45) is 5.92 Å². The number of likely N-dealkylation sites (tertiary alicyclic amines) is 1. The number of piperidine rings is 1. The summed E-state index contributed by atoms with van der Waals surface area (Å²) in [7, 11) is 1.58. The number of para-hydroxylation sites is 1. The molecule has 2 saturated heterocycles. The quantitative estimate of drug-likeness (QED) is 0.847. The van der Waals surface area contributed by atoms with E-state index in [1.54, 1.807) is 13.2 Å². The van der Waals surface area contributed by atoms with E-state index in [-0.39, 0.29) is 17.9 Å². The summed E-state index contributed by atoms with van der Waals surface area (Å²) in [4.78, 5) is 26.8. The van der Waals surface area contributed by atoms with E-state index in [1.807, 2.05) is 23.1 Å². The number of ether oxygens (including phenoxy) is 1. The number of nitrogens with zero attached hydrogens (tertiary/aromatic N) is 1. The highest BCUT2D eigenvalue weighted by Gasteiger charge is 2.27. The molecule has 2 unspecified atom stereocenters. The molecule has 1 aromatic rings. The van der Waals surface area contributed by atoms with E-state index in [0.717, 1.165) is 38.8 Å². The summed E-state index contributed by atoms with van der Waals surface area (Å²) in [6.07, 6.45) is 3.97. The molecular formula is C19H27N3O3. The van der Waals surface area contributed by atoms with Crippen LogP contribution in [0.25, 0.3) is 0 Å². The Morgan fingerprint density at radius 1 is 1.28 bits per heavy atom. The second-order valence-electron chi connectivity index (χ2n) is 6.85. The van der Waals surface area contributed by atoms with Crippen molar-refractivity contribution >= 4 is 11.8 Å². The maximum Gasteiger partial charge on any atom is 0.257 e. The molecule has 2 N–H and O–H groups in total. The second-order valence-corrected chi connectivity index (χ2v) is 6.85. The first-order valence-corrected chi connectivity index (χ1v) is 9.12. The third-order valence-corrected chi connectivity index (χ3v) is 5.09. The van der Waals surface area contributed by atoms with Gasteiger partial charge in [-0.05, 0) is 50.3 Å². The lowest BCUT2D eigenvalue weighted by molar-refractivity contribution is -0.123. The molecule has 2 aliphatic rings. The Morgan fingerprint density at radius 2 is 2.12 bits per heavy atom. The van der Waals surface area contributed by atoms with Gasteiger partial charge in [-0.3, -0.25) is 9.59 Å². The summed E-state index contributed by atoms with van der Waals surface area (Å²) >= 11 is 0. The van der Waals surface area contributed by atoms with Gasteiger partial charge in [0.1, 0.15) is 5.75 Å².